The van der Waals surface area contributed by atoms with Crippen molar-refractivity contribution >= 4 is 5.91 Å². The molecule has 0 fully saturated rings. The van der Waals surface area contributed by atoms with Gasteiger partial charge in [0.05, 0.1) is 0 Å². The quantitative estimate of drug-likeness (QED) is 0.514. The summed E-state index contributed by atoms with van der Waals surface area (Å²) in [4.78, 5) is 10.1. The van der Waals surface area contributed by atoms with Crippen LogP contribution in [0.25, 0.3) is 0 Å². The number of rotatable bonds is 4. The third kappa shape index (κ3) is 7.43. The van der Waals surface area contributed by atoms with E-state index in [9.17, 15) is 4.79 Å². The molecule has 0 saturated carbocycles. The Morgan fingerprint density at radius 2 is 2.22 bits per heavy atom. The second-order valence-electron chi connectivity index (χ2n) is 1.78. The molecule has 1 radical (unpaired) electrons. The van der Waals surface area contributed by atoms with Crippen LogP contribution in [0.5, 0.6) is 0 Å². The molecule has 0 atom stereocenters. The van der Waals surface area contributed by atoms with Gasteiger partial charge in [0.25, 0.3) is 0 Å². The van der Waals surface area contributed by atoms with Gasteiger partial charge in [-0.25, -0.2) is 0 Å². The molecule has 0 saturated heterocycles. The highest BCUT2D eigenvalue weighted by molar-refractivity contribution is 5.79. The summed E-state index contributed by atoms with van der Waals surface area (Å²) in [5.41, 5.74) is 0. The SMILES string of the molecule is [CH2]C(=O)NCCCCO. The van der Waals surface area contributed by atoms with E-state index in [1.807, 2.05) is 0 Å². The van der Waals surface area contributed by atoms with Crippen LogP contribution in [-0.2, 0) is 4.79 Å². The molecule has 0 unspecified atom stereocenters. The summed E-state index contributed by atoms with van der Waals surface area (Å²) in [5.74, 6) is -0.257. The number of carbonyl (C=O) groups is 1. The molecular formula is C6H12NO2. The first-order valence-electron chi connectivity index (χ1n) is 2.98. The van der Waals surface area contributed by atoms with E-state index in [1.165, 1.54) is 0 Å². The summed E-state index contributed by atoms with van der Waals surface area (Å²) in [6, 6.07) is 0. The van der Waals surface area contributed by atoms with Gasteiger partial charge in [-0.15, -0.1) is 0 Å². The van der Waals surface area contributed by atoms with Crippen molar-refractivity contribution in [2.45, 2.75) is 12.8 Å². The Kier molecular flexibility index (Phi) is 5.21. The van der Waals surface area contributed by atoms with Crippen molar-refractivity contribution in [1.82, 2.24) is 5.32 Å². The van der Waals surface area contributed by atoms with Crippen LogP contribution in [0.1, 0.15) is 12.8 Å². The number of amides is 1. The van der Waals surface area contributed by atoms with Crippen LogP contribution >= 0.6 is 0 Å². The second kappa shape index (κ2) is 5.56. The van der Waals surface area contributed by atoms with Gasteiger partial charge in [-0.2, -0.15) is 0 Å². The predicted molar refractivity (Wildman–Crippen MR) is 34.7 cm³/mol. The maximum atomic E-state index is 10.1. The molecule has 3 nitrogen and oxygen atoms in total. The molecule has 0 rings (SSSR count). The normalized spacial score (nSPS) is 9.11. The van der Waals surface area contributed by atoms with Gasteiger partial charge in [-0.3, -0.25) is 4.79 Å². The van der Waals surface area contributed by atoms with Crippen molar-refractivity contribution in [2.75, 3.05) is 13.2 Å². The van der Waals surface area contributed by atoms with Gasteiger partial charge < -0.3 is 10.4 Å². The molecule has 2 N–H and O–H groups in total. The molecule has 0 aliphatic carbocycles. The fraction of sp³-hybridized carbons (Fsp3) is 0.667. The number of carbonyl (C=O) groups excluding carboxylic acids is 1. The maximum Gasteiger partial charge on any atom is 0.220 e. The van der Waals surface area contributed by atoms with Gasteiger partial charge in [0.1, 0.15) is 0 Å². The van der Waals surface area contributed by atoms with Crippen molar-refractivity contribution in [3.05, 3.63) is 6.92 Å². The third-order valence-electron chi connectivity index (χ3n) is 0.907. The molecule has 1 amide bonds. The Hall–Kier alpha value is -0.570. The van der Waals surface area contributed by atoms with Crippen LogP contribution in [0, 0.1) is 6.92 Å². The van der Waals surface area contributed by atoms with Crippen LogP contribution in [-0.4, -0.2) is 24.2 Å². The summed E-state index contributed by atoms with van der Waals surface area (Å²) < 4.78 is 0. The highest BCUT2D eigenvalue weighted by Gasteiger charge is 1.88. The molecular weight excluding hydrogens is 118 g/mol. The van der Waals surface area contributed by atoms with E-state index in [-0.39, 0.29) is 12.5 Å². The minimum atomic E-state index is -0.257. The zero-order valence-corrected chi connectivity index (χ0v) is 5.39. The number of unbranched alkanes of at least 4 members (excludes halogenated alkanes) is 1. The van der Waals surface area contributed by atoms with Crippen LogP contribution in [0.4, 0.5) is 0 Å². The van der Waals surface area contributed by atoms with Gasteiger partial charge in [0, 0.05) is 20.1 Å². The Morgan fingerprint density at radius 1 is 1.56 bits per heavy atom. The van der Waals surface area contributed by atoms with Crippen LogP contribution < -0.4 is 5.32 Å². The summed E-state index contributed by atoms with van der Waals surface area (Å²) in [7, 11) is 0. The van der Waals surface area contributed by atoms with Crippen molar-refractivity contribution in [3.8, 4) is 0 Å². The van der Waals surface area contributed by atoms with Crippen LogP contribution in [0.3, 0.4) is 0 Å². The lowest BCUT2D eigenvalue weighted by Gasteiger charge is -1.97. The Balaban J connectivity index is 2.83. The second-order valence-corrected chi connectivity index (χ2v) is 1.78. The minimum Gasteiger partial charge on any atom is -0.396 e. The van der Waals surface area contributed by atoms with Crippen molar-refractivity contribution in [2.24, 2.45) is 0 Å². The number of hydrogen-bond acceptors (Lipinski definition) is 2. The summed E-state index contributed by atoms with van der Waals surface area (Å²) in [5, 5.41) is 10.8. The molecule has 53 valence electrons. The molecule has 0 aromatic heterocycles. The van der Waals surface area contributed by atoms with Gasteiger partial charge in [0.15, 0.2) is 0 Å². The number of nitrogens with one attached hydrogen (secondary N) is 1. The van der Waals surface area contributed by atoms with Crippen molar-refractivity contribution < 1.29 is 9.90 Å². The van der Waals surface area contributed by atoms with E-state index in [1.54, 1.807) is 0 Å². The number of aliphatic hydroxyl groups excluding tert-OH is 1. The first-order chi connectivity index (χ1) is 4.27. The van der Waals surface area contributed by atoms with Gasteiger partial charge in [-0.05, 0) is 12.8 Å². The number of aliphatic hydroxyl groups is 1. The molecule has 0 aliphatic rings. The lowest BCUT2D eigenvalue weighted by atomic mass is 10.3. The van der Waals surface area contributed by atoms with E-state index in [0.29, 0.717) is 6.54 Å². The van der Waals surface area contributed by atoms with Crippen LogP contribution in [0.15, 0.2) is 0 Å². The van der Waals surface area contributed by atoms with E-state index >= 15 is 0 Å². The fourth-order valence-electron chi connectivity index (χ4n) is 0.465. The van der Waals surface area contributed by atoms with Crippen molar-refractivity contribution in [1.29, 1.82) is 0 Å². The van der Waals surface area contributed by atoms with Gasteiger partial charge in [0.2, 0.25) is 5.91 Å². The smallest absolute Gasteiger partial charge is 0.220 e. The molecule has 0 bridgehead atoms. The largest absolute Gasteiger partial charge is 0.396 e. The Morgan fingerprint density at radius 3 is 2.67 bits per heavy atom. The third-order valence-corrected chi connectivity index (χ3v) is 0.907. The van der Waals surface area contributed by atoms with Gasteiger partial charge >= 0.3 is 0 Å². The Labute approximate surface area is 55.1 Å². The average molecular weight is 130 g/mol. The maximum absolute atomic E-state index is 10.1. The highest BCUT2D eigenvalue weighted by Crippen LogP contribution is 1.82. The zero-order chi connectivity index (χ0) is 7.11. The van der Waals surface area contributed by atoms with Gasteiger partial charge in [-0.1, -0.05) is 0 Å². The summed E-state index contributed by atoms with van der Waals surface area (Å²) >= 11 is 0. The first kappa shape index (κ1) is 8.43. The molecule has 0 aromatic carbocycles. The van der Waals surface area contributed by atoms with Crippen LogP contribution in [0.2, 0.25) is 0 Å². The lowest BCUT2D eigenvalue weighted by molar-refractivity contribution is -0.116. The molecule has 0 spiro atoms. The van der Waals surface area contributed by atoms with E-state index < -0.39 is 0 Å². The summed E-state index contributed by atoms with van der Waals surface area (Å²) in [6.45, 7) is 3.93. The average Bonchev–Trinajstić information content (AvgIpc) is 1.80. The van der Waals surface area contributed by atoms with E-state index in [0.717, 1.165) is 12.8 Å². The van der Waals surface area contributed by atoms with Crippen molar-refractivity contribution in [3.63, 3.8) is 0 Å². The highest BCUT2D eigenvalue weighted by atomic mass is 16.2. The minimum absolute atomic E-state index is 0.188. The summed E-state index contributed by atoms with van der Waals surface area (Å²) in [6.07, 6.45) is 1.55. The standard InChI is InChI=1S/C6H12NO2/c1-6(9)7-4-2-3-5-8/h8H,1-5H2,(H,7,9). The Bertz CT molecular complexity index is 83.1. The monoisotopic (exact) mass is 130 g/mol. The molecule has 0 aromatic rings. The van der Waals surface area contributed by atoms with E-state index in [2.05, 4.69) is 12.2 Å². The predicted octanol–water partition coefficient (Wildman–Crippen LogP) is -0.291. The topological polar surface area (TPSA) is 49.3 Å². The molecule has 9 heavy (non-hydrogen) atoms. The zero-order valence-electron chi connectivity index (χ0n) is 5.39. The number of hydrogen-bond donors (Lipinski definition) is 2. The lowest BCUT2D eigenvalue weighted by Crippen LogP contribution is -2.21. The molecule has 0 heterocycles. The first-order valence-corrected chi connectivity index (χ1v) is 2.98. The molecule has 3 heteroatoms. The molecule has 0 aliphatic heterocycles. The van der Waals surface area contributed by atoms with E-state index in [4.69, 9.17) is 5.11 Å². The fourth-order valence-corrected chi connectivity index (χ4v) is 0.465.